The predicted octanol–water partition coefficient (Wildman–Crippen LogP) is 2.41. The Labute approximate surface area is 103 Å². The van der Waals surface area contributed by atoms with E-state index in [1.54, 1.807) is 32.2 Å². The molecule has 0 fully saturated rings. The number of halogens is 1. The van der Waals surface area contributed by atoms with Crippen LogP contribution in [0.4, 0.5) is 0 Å². The van der Waals surface area contributed by atoms with Gasteiger partial charge in [-0.25, -0.2) is 4.98 Å². The maximum atomic E-state index is 11.4. The molecule has 1 heterocycles. The second-order valence-corrected chi connectivity index (χ2v) is 4.02. The van der Waals surface area contributed by atoms with Crippen molar-refractivity contribution < 1.29 is 4.74 Å². The zero-order valence-corrected chi connectivity index (χ0v) is 10.2. The van der Waals surface area contributed by atoms with E-state index >= 15 is 0 Å². The summed E-state index contributed by atoms with van der Waals surface area (Å²) in [5.74, 6) is 1.05. The Morgan fingerprint density at radius 2 is 2.12 bits per heavy atom. The number of aryl methyl sites for hydroxylation is 1. The number of benzene rings is 1. The Bertz CT molecular complexity index is 608. The molecule has 1 aromatic carbocycles. The van der Waals surface area contributed by atoms with Gasteiger partial charge < -0.3 is 9.72 Å². The number of aromatic nitrogens is 2. The molecule has 0 saturated heterocycles. The third-order valence-electron chi connectivity index (χ3n) is 2.29. The van der Waals surface area contributed by atoms with Crippen molar-refractivity contribution >= 4 is 11.6 Å². The second-order valence-electron chi connectivity index (χ2n) is 3.58. The number of hydrogen-bond donors (Lipinski definition) is 1. The van der Waals surface area contributed by atoms with Gasteiger partial charge in [0.25, 0.3) is 5.56 Å². The lowest BCUT2D eigenvalue weighted by molar-refractivity contribution is 0.416. The summed E-state index contributed by atoms with van der Waals surface area (Å²) >= 11 is 5.87. The van der Waals surface area contributed by atoms with Gasteiger partial charge in [0.2, 0.25) is 0 Å². The van der Waals surface area contributed by atoms with Gasteiger partial charge in [0, 0.05) is 16.8 Å². The molecule has 0 bridgehead atoms. The smallest absolute Gasteiger partial charge is 0.251 e. The summed E-state index contributed by atoms with van der Waals surface area (Å²) in [7, 11) is 1.54. The van der Waals surface area contributed by atoms with E-state index in [0.717, 1.165) is 0 Å². The van der Waals surface area contributed by atoms with Gasteiger partial charge in [0.05, 0.1) is 12.7 Å². The zero-order valence-electron chi connectivity index (χ0n) is 9.45. The Morgan fingerprint density at radius 3 is 2.76 bits per heavy atom. The van der Waals surface area contributed by atoms with Crippen molar-refractivity contribution in [2.24, 2.45) is 0 Å². The number of rotatable bonds is 2. The molecule has 0 aliphatic heterocycles. The van der Waals surface area contributed by atoms with Crippen molar-refractivity contribution in [2.75, 3.05) is 7.11 Å². The number of methoxy groups -OCH3 is 1. The zero-order chi connectivity index (χ0) is 12.4. The van der Waals surface area contributed by atoms with E-state index in [4.69, 9.17) is 16.3 Å². The third-order valence-corrected chi connectivity index (χ3v) is 2.52. The summed E-state index contributed by atoms with van der Waals surface area (Å²) in [6.07, 6.45) is 0. The van der Waals surface area contributed by atoms with Gasteiger partial charge in [-0.05, 0) is 25.1 Å². The molecule has 0 atom stereocenters. The van der Waals surface area contributed by atoms with Gasteiger partial charge in [-0.3, -0.25) is 4.79 Å². The summed E-state index contributed by atoms with van der Waals surface area (Å²) < 4.78 is 5.21. The van der Waals surface area contributed by atoms with E-state index in [1.165, 1.54) is 6.07 Å². The molecule has 5 heteroatoms. The highest BCUT2D eigenvalue weighted by Crippen LogP contribution is 2.29. The van der Waals surface area contributed by atoms with Crippen molar-refractivity contribution in [1.29, 1.82) is 0 Å². The van der Waals surface area contributed by atoms with Crippen LogP contribution in [0.25, 0.3) is 11.4 Å². The number of H-pyrrole nitrogens is 1. The summed E-state index contributed by atoms with van der Waals surface area (Å²) in [6.45, 7) is 1.77. The first-order valence-electron chi connectivity index (χ1n) is 5.02. The maximum Gasteiger partial charge on any atom is 0.251 e. The monoisotopic (exact) mass is 250 g/mol. The van der Waals surface area contributed by atoms with Gasteiger partial charge in [-0.2, -0.15) is 0 Å². The molecular formula is C12H11ClN2O2. The summed E-state index contributed by atoms with van der Waals surface area (Å²) in [6, 6.07) is 6.60. The number of nitrogens with zero attached hydrogens (tertiary/aromatic N) is 1. The number of ether oxygens (including phenoxy) is 1. The van der Waals surface area contributed by atoms with E-state index in [1.807, 2.05) is 0 Å². The van der Waals surface area contributed by atoms with E-state index in [0.29, 0.717) is 27.9 Å². The minimum atomic E-state index is -0.190. The van der Waals surface area contributed by atoms with Crippen molar-refractivity contribution in [2.45, 2.75) is 6.92 Å². The van der Waals surface area contributed by atoms with Gasteiger partial charge >= 0.3 is 0 Å². The molecule has 4 nitrogen and oxygen atoms in total. The molecule has 0 amide bonds. The molecule has 0 aliphatic rings. The minimum absolute atomic E-state index is 0.190. The first-order valence-corrected chi connectivity index (χ1v) is 5.40. The lowest BCUT2D eigenvalue weighted by atomic mass is 10.2. The Balaban J connectivity index is 2.63. The second kappa shape index (κ2) is 4.59. The fourth-order valence-corrected chi connectivity index (χ4v) is 1.73. The highest BCUT2D eigenvalue weighted by molar-refractivity contribution is 6.30. The van der Waals surface area contributed by atoms with E-state index < -0.39 is 0 Å². The van der Waals surface area contributed by atoms with Crippen molar-refractivity contribution in [3.8, 4) is 17.1 Å². The number of aromatic amines is 1. The average molecular weight is 251 g/mol. The Morgan fingerprint density at radius 1 is 1.35 bits per heavy atom. The molecule has 17 heavy (non-hydrogen) atoms. The van der Waals surface area contributed by atoms with E-state index in [9.17, 15) is 4.79 Å². The summed E-state index contributed by atoms with van der Waals surface area (Å²) in [5, 5.41) is 0.570. The van der Waals surface area contributed by atoms with Crippen LogP contribution in [0.5, 0.6) is 5.75 Å². The van der Waals surface area contributed by atoms with Crippen LogP contribution in [0.2, 0.25) is 5.02 Å². The maximum absolute atomic E-state index is 11.4. The molecular weight excluding hydrogens is 240 g/mol. The van der Waals surface area contributed by atoms with Crippen molar-refractivity contribution in [3.63, 3.8) is 0 Å². The largest absolute Gasteiger partial charge is 0.496 e. The molecule has 0 aliphatic carbocycles. The highest BCUT2D eigenvalue weighted by atomic mass is 35.5. The topological polar surface area (TPSA) is 55.0 Å². The van der Waals surface area contributed by atoms with Gasteiger partial charge in [0.1, 0.15) is 11.6 Å². The Kier molecular flexibility index (Phi) is 3.15. The van der Waals surface area contributed by atoms with Crippen LogP contribution in [0, 0.1) is 6.92 Å². The normalized spacial score (nSPS) is 10.3. The predicted molar refractivity (Wildman–Crippen MR) is 66.6 cm³/mol. The Hall–Kier alpha value is -1.81. The minimum Gasteiger partial charge on any atom is -0.496 e. The first kappa shape index (κ1) is 11.7. The van der Waals surface area contributed by atoms with Crippen LogP contribution in [0.3, 0.4) is 0 Å². The van der Waals surface area contributed by atoms with Crippen LogP contribution in [-0.2, 0) is 0 Å². The van der Waals surface area contributed by atoms with Gasteiger partial charge in [0.15, 0.2) is 0 Å². The van der Waals surface area contributed by atoms with Gasteiger partial charge in [-0.1, -0.05) is 11.6 Å². The van der Waals surface area contributed by atoms with E-state index in [-0.39, 0.29) is 5.56 Å². The fourth-order valence-electron chi connectivity index (χ4n) is 1.57. The lowest BCUT2D eigenvalue weighted by Crippen LogP contribution is -2.09. The highest BCUT2D eigenvalue weighted by Gasteiger charge is 2.09. The molecule has 1 aromatic heterocycles. The van der Waals surface area contributed by atoms with Crippen LogP contribution < -0.4 is 10.3 Å². The average Bonchev–Trinajstić information content (AvgIpc) is 2.27. The summed E-state index contributed by atoms with van der Waals surface area (Å²) in [5.41, 5.74) is 1.17. The van der Waals surface area contributed by atoms with Crippen LogP contribution in [-0.4, -0.2) is 17.1 Å². The van der Waals surface area contributed by atoms with E-state index in [2.05, 4.69) is 9.97 Å². The summed E-state index contributed by atoms with van der Waals surface area (Å²) in [4.78, 5) is 18.3. The van der Waals surface area contributed by atoms with Crippen LogP contribution in [0.15, 0.2) is 29.1 Å². The van der Waals surface area contributed by atoms with Crippen LogP contribution in [0.1, 0.15) is 5.69 Å². The molecule has 0 saturated carbocycles. The molecule has 2 aromatic rings. The molecule has 0 spiro atoms. The third kappa shape index (κ3) is 2.47. The quantitative estimate of drug-likeness (QED) is 0.891. The molecule has 0 unspecified atom stereocenters. The lowest BCUT2D eigenvalue weighted by Gasteiger charge is -2.08. The fraction of sp³-hybridized carbons (Fsp3) is 0.167. The SMILES string of the molecule is COc1cc(Cl)ccc1-c1nc(C)cc(=O)[nH]1. The van der Waals surface area contributed by atoms with Crippen LogP contribution >= 0.6 is 11.6 Å². The number of nitrogens with one attached hydrogen (secondary N) is 1. The first-order chi connectivity index (χ1) is 8.10. The standard InChI is InChI=1S/C12H11ClN2O2/c1-7-5-11(16)15-12(14-7)9-4-3-8(13)6-10(9)17-2/h3-6H,1-2H3,(H,14,15,16). The molecule has 1 N–H and O–H groups in total. The van der Waals surface area contributed by atoms with Crippen molar-refractivity contribution in [1.82, 2.24) is 9.97 Å². The molecule has 2 rings (SSSR count). The van der Waals surface area contributed by atoms with Crippen molar-refractivity contribution in [3.05, 3.63) is 45.3 Å². The molecule has 0 radical (unpaired) electrons. The molecule has 88 valence electrons. The number of hydrogen-bond acceptors (Lipinski definition) is 3. The van der Waals surface area contributed by atoms with Gasteiger partial charge in [-0.15, -0.1) is 0 Å².